The van der Waals surface area contributed by atoms with Crippen LogP contribution in [0.2, 0.25) is 0 Å². The van der Waals surface area contributed by atoms with E-state index < -0.39 is 0 Å². The summed E-state index contributed by atoms with van der Waals surface area (Å²) < 4.78 is 1.99. The number of aromatic nitrogens is 2. The predicted molar refractivity (Wildman–Crippen MR) is 79.0 cm³/mol. The molecular weight excluding hydrogens is 224 g/mol. The Kier molecular flexibility index (Phi) is 5.51. The molecule has 4 heteroatoms. The third-order valence-electron chi connectivity index (χ3n) is 3.24. The fourth-order valence-electron chi connectivity index (χ4n) is 2.08. The van der Waals surface area contributed by atoms with Crippen molar-refractivity contribution in [1.82, 2.24) is 9.78 Å². The van der Waals surface area contributed by atoms with Gasteiger partial charge in [-0.05, 0) is 34.1 Å². The average molecular weight is 252 g/mol. The van der Waals surface area contributed by atoms with Gasteiger partial charge in [-0.25, -0.2) is 4.68 Å². The summed E-state index contributed by atoms with van der Waals surface area (Å²) in [5, 5.41) is 8.00. The molecule has 0 saturated heterocycles. The molecule has 1 aromatic heterocycles. The zero-order valence-corrected chi connectivity index (χ0v) is 12.5. The molecule has 0 aliphatic heterocycles. The molecule has 0 saturated carbocycles. The molecule has 1 rings (SSSR count). The first kappa shape index (κ1) is 14.9. The first-order valence-electron chi connectivity index (χ1n) is 7.08. The Morgan fingerprint density at radius 2 is 1.94 bits per heavy atom. The number of anilines is 2. The number of unbranched alkanes of at least 4 members (excludes halogenated alkanes) is 2. The molecule has 4 nitrogen and oxygen atoms in total. The van der Waals surface area contributed by atoms with E-state index in [-0.39, 0.29) is 0 Å². The van der Waals surface area contributed by atoms with Gasteiger partial charge >= 0.3 is 0 Å². The van der Waals surface area contributed by atoms with Crippen LogP contribution in [-0.2, 0) is 0 Å². The zero-order valence-electron chi connectivity index (χ0n) is 12.5. The first-order valence-corrected chi connectivity index (χ1v) is 7.08. The van der Waals surface area contributed by atoms with Crippen LogP contribution in [0.25, 0.3) is 0 Å². The standard InChI is InChI=1S/C14H28N4/c1-6-7-8-9-11(4)16-14-13(15)12(5)17-18(14)10(2)3/h10-11,16H,6-9,15H2,1-5H3. The Morgan fingerprint density at radius 3 is 2.50 bits per heavy atom. The molecule has 0 spiro atoms. The number of hydrogen-bond donors (Lipinski definition) is 2. The monoisotopic (exact) mass is 252 g/mol. The van der Waals surface area contributed by atoms with Gasteiger partial charge in [-0.3, -0.25) is 0 Å². The molecule has 18 heavy (non-hydrogen) atoms. The summed E-state index contributed by atoms with van der Waals surface area (Å²) in [5.41, 5.74) is 7.79. The van der Waals surface area contributed by atoms with E-state index in [0.29, 0.717) is 12.1 Å². The number of nitrogens with zero attached hydrogens (tertiary/aromatic N) is 2. The van der Waals surface area contributed by atoms with Crippen molar-refractivity contribution in [3.63, 3.8) is 0 Å². The van der Waals surface area contributed by atoms with Crippen molar-refractivity contribution in [2.45, 2.75) is 72.4 Å². The van der Waals surface area contributed by atoms with Gasteiger partial charge in [0.2, 0.25) is 0 Å². The Labute approximate surface area is 111 Å². The van der Waals surface area contributed by atoms with Crippen molar-refractivity contribution in [1.29, 1.82) is 0 Å². The highest BCUT2D eigenvalue weighted by molar-refractivity contribution is 5.65. The lowest BCUT2D eigenvalue weighted by Gasteiger charge is -2.18. The van der Waals surface area contributed by atoms with Crippen molar-refractivity contribution in [2.75, 3.05) is 11.1 Å². The van der Waals surface area contributed by atoms with Gasteiger partial charge in [0, 0.05) is 12.1 Å². The molecule has 0 bridgehead atoms. The van der Waals surface area contributed by atoms with Gasteiger partial charge in [0.1, 0.15) is 5.82 Å². The quantitative estimate of drug-likeness (QED) is 0.727. The number of hydrogen-bond acceptors (Lipinski definition) is 3. The molecule has 0 radical (unpaired) electrons. The molecule has 0 amide bonds. The molecule has 0 aliphatic rings. The molecule has 3 N–H and O–H groups in total. The normalized spacial score (nSPS) is 13.0. The highest BCUT2D eigenvalue weighted by Crippen LogP contribution is 2.26. The van der Waals surface area contributed by atoms with E-state index >= 15 is 0 Å². The molecular formula is C14H28N4. The molecule has 0 fully saturated rings. The Morgan fingerprint density at radius 1 is 1.28 bits per heavy atom. The maximum Gasteiger partial charge on any atom is 0.148 e. The van der Waals surface area contributed by atoms with E-state index in [1.165, 1.54) is 25.7 Å². The lowest BCUT2D eigenvalue weighted by molar-refractivity contribution is 0.527. The summed E-state index contributed by atoms with van der Waals surface area (Å²) in [6, 6.07) is 0.763. The Balaban J connectivity index is 2.70. The fraction of sp³-hybridized carbons (Fsp3) is 0.786. The molecule has 1 aromatic rings. The lowest BCUT2D eigenvalue weighted by Crippen LogP contribution is -2.19. The van der Waals surface area contributed by atoms with E-state index in [1.807, 2.05) is 11.6 Å². The van der Waals surface area contributed by atoms with Crippen LogP contribution in [0.1, 0.15) is 65.1 Å². The van der Waals surface area contributed by atoms with Crippen LogP contribution < -0.4 is 11.1 Å². The number of nitrogens with one attached hydrogen (secondary N) is 1. The van der Waals surface area contributed by atoms with E-state index in [1.54, 1.807) is 0 Å². The van der Waals surface area contributed by atoms with Crippen LogP contribution in [-0.4, -0.2) is 15.8 Å². The van der Waals surface area contributed by atoms with Gasteiger partial charge in [0.15, 0.2) is 0 Å². The van der Waals surface area contributed by atoms with Gasteiger partial charge in [-0.15, -0.1) is 0 Å². The summed E-state index contributed by atoms with van der Waals surface area (Å²) in [6.45, 7) is 10.6. The summed E-state index contributed by atoms with van der Waals surface area (Å²) in [4.78, 5) is 0. The number of aryl methyl sites for hydroxylation is 1. The van der Waals surface area contributed by atoms with Crippen molar-refractivity contribution in [2.24, 2.45) is 0 Å². The summed E-state index contributed by atoms with van der Waals surface area (Å²) in [6.07, 6.45) is 5.00. The van der Waals surface area contributed by atoms with Gasteiger partial charge in [0.05, 0.1) is 11.4 Å². The largest absolute Gasteiger partial charge is 0.394 e. The highest BCUT2D eigenvalue weighted by Gasteiger charge is 2.16. The van der Waals surface area contributed by atoms with Gasteiger partial charge in [0.25, 0.3) is 0 Å². The van der Waals surface area contributed by atoms with Crippen molar-refractivity contribution < 1.29 is 0 Å². The second-order valence-corrected chi connectivity index (χ2v) is 5.43. The minimum Gasteiger partial charge on any atom is -0.394 e. The first-order chi connectivity index (χ1) is 8.47. The fourth-order valence-corrected chi connectivity index (χ4v) is 2.08. The van der Waals surface area contributed by atoms with Crippen molar-refractivity contribution in [3.8, 4) is 0 Å². The number of nitrogen functional groups attached to an aromatic ring is 1. The highest BCUT2D eigenvalue weighted by atomic mass is 15.4. The van der Waals surface area contributed by atoms with Crippen molar-refractivity contribution >= 4 is 11.5 Å². The molecule has 1 heterocycles. The second-order valence-electron chi connectivity index (χ2n) is 5.43. The van der Waals surface area contributed by atoms with E-state index in [0.717, 1.165) is 17.2 Å². The Hall–Kier alpha value is -1.19. The summed E-state index contributed by atoms with van der Waals surface area (Å²) >= 11 is 0. The molecule has 0 aromatic carbocycles. The van der Waals surface area contributed by atoms with Gasteiger partial charge in [-0.1, -0.05) is 26.2 Å². The van der Waals surface area contributed by atoms with Crippen LogP contribution in [0.5, 0.6) is 0 Å². The minimum atomic E-state index is 0.325. The van der Waals surface area contributed by atoms with E-state index in [9.17, 15) is 0 Å². The predicted octanol–water partition coefficient (Wildman–Crippen LogP) is 3.74. The van der Waals surface area contributed by atoms with E-state index in [2.05, 4.69) is 38.1 Å². The van der Waals surface area contributed by atoms with Crippen LogP contribution in [0, 0.1) is 6.92 Å². The maximum atomic E-state index is 6.10. The smallest absolute Gasteiger partial charge is 0.148 e. The van der Waals surface area contributed by atoms with Crippen LogP contribution in [0.3, 0.4) is 0 Å². The van der Waals surface area contributed by atoms with Crippen molar-refractivity contribution in [3.05, 3.63) is 5.69 Å². The summed E-state index contributed by atoms with van der Waals surface area (Å²) in [5.74, 6) is 0.978. The maximum absolute atomic E-state index is 6.10. The van der Waals surface area contributed by atoms with E-state index in [4.69, 9.17) is 5.73 Å². The number of rotatable bonds is 7. The summed E-state index contributed by atoms with van der Waals surface area (Å²) in [7, 11) is 0. The molecule has 1 atom stereocenters. The van der Waals surface area contributed by atoms with Gasteiger partial charge in [-0.2, -0.15) is 5.10 Å². The zero-order chi connectivity index (χ0) is 13.7. The molecule has 0 aliphatic carbocycles. The Bertz CT molecular complexity index is 368. The molecule has 104 valence electrons. The SMILES string of the molecule is CCCCCC(C)Nc1c(N)c(C)nn1C(C)C. The molecule has 1 unspecified atom stereocenters. The lowest BCUT2D eigenvalue weighted by atomic mass is 10.1. The van der Waals surface area contributed by atoms with Gasteiger partial charge < -0.3 is 11.1 Å². The van der Waals surface area contributed by atoms with Crippen LogP contribution in [0.4, 0.5) is 11.5 Å². The average Bonchev–Trinajstić information content (AvgIpc) is 2.58. The number of nitrogens with two attached hydrogens (primary N) is 1. The third-order valence-corrected chi connectivity index (χ3v) is 3.24. The third kappa shape index (κ3) is 3.65. The minimum absolute atomic E-state index is 0.325. The van der Waals surface area contributed by atoms with Crippen LogP contribution in [0.15, 0.2) is 0 Å². The topological polar surface area (TPSA) is 55.9 Å². The second kappa shape index (κ2) is 6.66. The van der Waals surface area contributed by atoms with Crippen LogP contribution >= 0.6 is 0 Å².